The number of rotatable bonds is 7. The van der Waals surface area contributed by atoms with Crippen molar-refractivity contribution in [3.63, 3.8) is 0 Å². The number of ether oxygens (including phenoxy) is 1. The Morgan fingerprint density at radius 3 is 2.75 bits per heavy atom. The fraction of sp³-hybridized carbons (Fsp3) is 0.250. The molecule has 32 heavy (non-hydrogen) atoms. The zero-order chi connectivity index (χ0) is 22.5. The molecule has 164 valence electrons. The maximum absolute atomic E-state index is 12.5. The number of aryl methyl sites for hydroxylation is 1. The fourth-order valence-corrected chi connectivity index (χ4v) is 4.20. The zero-order valence-electron chi connectivity index (χ0n) is 17.7. The molecule has 0 spiro atoms. The summed E-state index contributed by atoms with van der Waals surface area (Å²) in [6.45, 7) is 2.67. The minimum atomic E-state index is -0.481. The molecule has 1 aliphatic rings. The largest absolute Gasteiger partial charge is 0.456 e. The second kappa shape index (κ2) is 9.74. The molecule has 0 unspecified atom stereocenters. The SMILES string of the molecule is Cc1ccc(NC(=O)Cc2nc(COC(=O)c3cccc(N4CCCC4=O)c3)cs2)cc1. The van der Waals surface area contributed by atoms with Gasteiger partial charge in [-0.15, -0.1) is 11.3 Å². The molecule has 4 rings (SSSR count). The maximum atomic E-state index is 12.5. The van der Waals surface area contributed by atoms with Gasteiger partial charge in [0.1, 0.15) is 11.6 Å². The smallest absolute Gasteiger partial charge is 0.338 e. The molecule has 0 saturated carbocycles. The Hall–Kier alpha value is -3.52. The van der Waals surface area contributed by atoms with E-state index in [1.165, 1.54) is 11.3 Å². The summed E-state index contributed by atoms with van der Waals surface area (Å²) in [5.41, 5.74) is 3.54. The molecule has 0 radical (unpaired) electrons. The molecule has 1 aromatic heterocycles. The number of carbonyl (C=O) groups excluding carboxylic acids is 3. The molecule has 1 fully saturated rings. The van der Waals surface area contributed by atoms with E-state index >= 15 is 0 Å². The number of thiazole rings is 1. The second-order valence-electron chi connectivity index (χ2n) is 7.60. The summed E-state index contributed by atoms with van der Waals surface area (Å²) >= 11 is 1.35. The van der Waals surface area contributed by atoms with Gasteiger partial charge in [-0.3, -0.25) is 9.59 Å². The average Bonchev–Trinajstić information content (AvgIpc) is 3.42. The predicted molar refractivity (Wildman–Crippen MR) is 123 cm³/mol. The van der Waals surface area contributed by atoms with E-state index in [4.69, 9.17) is 4.74 Å². The minimum Gasteiger partial charge on any atom is -0.456 e. The van der Waals surface area contributed by atoms with E-state index in [-0.39, 0.29) is 24.8 Å². The standard InChI is InChI=1S/C24H23N3O4S/c1-16-7-9-18(10-8-16)25-21(28)13-22-26-19(15-32-22)14-31-24(30)17-4-2-5-20(12-17)27-11-3-6-23(27)29/h2,4-5,7-10,12,15H,3,6,11,13-14H2,1H3,(H,25,28). The van der Waals surface area contributed by atoms with Crippen LogP contribution in [0.5, 0.6) is 0 Å². The van der Waals surface area contributed by atoms with Crippen molar-refractivity contribution >= 4 is 40.5 Å². The molecule has 8 heteroatoms. The molecule has 2 aromatic carbocycles. The van der Waals surface area contributed by atoms with Crippen LogP contribution in [0, 0.1) is 6.92 Å². The number of nitrogens with one attached hydrogen (secondary N) is 1. The van der Waals surface area contributed by atoms with Gasteiger partial charge in [0.2, 0.25) is 11.8 Å². The van der Waals surface area contributed by atoms with Crippen molar-refractivity contribution in [2.24, 2.45) is 0 Å². The molecular weight excluding hydrogens is 426 g/mol. The molecule has 0 bridgehead atoms. The van der Waals surface area contributed by atoms with Gasteiger partial charge >= 0.3 is 5.97 Å². The van der Waals surface area contributed by atoms with E-state index < -0.39 is 5.97 Å². The molecule has 7 nitrogen and oxygen atoms in total. The fourth-order valence-electron chi connectivity index (χ4n) is 3.42. The Kier molecular flexibility index (Phi) is 6.61. The van der Waals surface area contributed by atoms with Gasteiger partial charge in [-0.25, -0.2) is 9.78 Å². The lowest BCUT2D eigenvalue weighted by Gasteiger charge is -2.16. The summed E-state index contributed by atoms with van der Waals surface area (Å²) in [5.74, 6) is -0.567. The first-order valence-electron chi connectivity index (χ1n) is 10.4. The monoisotopic (exact) mass is 449 g/mol. The lowest BCUT2D eigenvalue weighted by molar-refractivity contribution is -0.117. The average molecular weight is 450 g/mol. The van der Waals surface area contributed by atoms with E-state index in [0.717, 1.165) is 17.7 Å². The normalized spacial score (nSPS) is 13.3. The molecule has 0 atom stereocenters. The quantitative estimate of drug-likeness (QED) is 0.548. The summed E-state index contributed by atoms with van der Waals surface area (Å²) in [7, 11) is 0. The van der Waals surface area contributed by atoms with Crippen LogP contribution in [0.4, 0.5) is 11.4 Å². The molecular formula is C24H23N3O4S. The van der Waals surface area contributed by atoms with E-state index in [0.29, 0.717) is 34.9 Å². The number of aromatic nitrogens is 1. The number of amides is 2. The van der Waals surface area contributed by atoms with Crippen LogP contribution >= 0.6 is 11.3 Å². The van der Waals surface area contributed by atoms with Crippen LogP contribution in [0.15, 0.2) is 53.9 Å². The summed E-state index contributed by atoms with van der Waals surface area (Å²) in [6, 6.07) is 14.5. The summed E-state index contributed by atoms with van der Waals surface area (Å²) in [5, 5.41) is 5.27. The van der Waals surface area contributed by atoms with E-state index in [2.05, 4.69) is 10.3 Å². The van der Waals surface area contributed by atoms with Gasteiger partial charge in [-0.05, 0) is 43.7 Å². The van der Waals surface area contributed by atoms with Crippen molar-refractivity contribution in [1.29, 1.82) is 0 Å². The molecule has 1 aliphatic heterocycles. The molecule has 3 aromatic rings. The highest BCUT2D eigenvalue weighted by Crippen LogP contribution is 2.23. The molecule has 2 heterocycles. The number of benzene rings is 2. The van der Waals surface area contributed by atoms with Crippen molar-refractivity contribution in [1.82, 2.24) is 4.98 Å². The van der Waals surface area contributed by atoms with Crippen LogP contribution in [-0.2, 0) is 27.4 Å². The van der Waals surface area contributed by atoms with E-state index in [1.807, 2.05) is 37.3 Å². The Labute approximate surface area is 190 Å². The van der Waals surface area contributed by atoms with Crippen LogP contribution < -0.4 is 10.2 Å². The van der Waals surface area contributed by atoms with E-state index in [1.54, 1.807) is 28.5 Å². The summed E-state index contributed by atoms with van der Waals surface area (Å²) in [4.78, 5) is 42.7. The molecule has 1 N–H and O–H groups in total. The van der Waals surface area contributed by atoms with Crippen molar-refractivity contribution in [3.8, 4) is 0 Å². The summed E-state index contributed by atoms with van der Waals surface area (Å²) in [6.07, 6.45) is 1.50. The van der Waals surface area contributed by atoms with Gasteiger partial charge in [0, 0.05) is 29.7 Å². The first-order valence-corrected chi connectivity index (χ1v) is 11.2. The van der Waals surface area contributed by atoms with Crippen LogP contribution in [0.1, 0.15) is 39.5 Å². The number of carbonyl (C=O) groups is 3. The zero-order valence-corrected chi connectivity index (χ0v) is 18.5. The van der Waals surface area contributed by atoms with Gasteiger partial charge in [-0.1, -0.05) is 23.8 Å². The van der Waals surface area contributed by atoms with Crippen molar-refractivity contribution in [3.05, 3.63) is 75.7 Å². The Balaban J connectivity index is 1.30. The predicted octanol–water partition coefficient (Wildman–Crippen LogP) is 4.12. The number of esters is 1. The number of anilines is 2. The topological polar surface area (TPSA) is 88.6 Å². The third-order valence-electron chi connectivity index (χ3n) is 5.06. The van der Waals surface area contributed by atoms with Gasteiger partial charge in [0.05, 0.1) is 17.7 Å². The van der Waals surface area contributed by atoms with Gasteiger partial charge in [0.15, 0.2) is 0 Å². The van der Waals surface area contributed by atoms with Gasteiger partial charge in [-0.2, -0.15) is 0 Å². The van der Waals surface area contributed by atoms with Gasteiger partial charge in [0.25, 0.3) is 0 Å². The van der Waals surface area contributed by atoms with Crippen molar-refractivity contribution in [2.45, 2.75) is 32.8 Å². The van der Waals surface area contributed by atoms with Crippen LogP contribution in [0.2, 0.25) is 0 Å². The van der Waals surface area contributed by atoms with Gasteiger partial charge < -0.3 is 15.0 Å². The van der Waals surface area contributed by atoms with Crippen LogP contribution in [-0.4, -0.2) is 29.3 Å². The number of hydrogen-bond acceptors (Lipinski definition) is 6. The Morgan fingerprint density at radius 1 is 1.19 bits per heavy atom. The highest BCUT2D eigenvalue weighted by Gasteiger charge is 2.22. The third-order valence-corrected chi connectivity index (χ3v) is 5.96. The third kappa shape index (κ3) is 5.39. The number of nitrogens with zero attached hydrogens (tertiary/aromatic N) is 2. The Bertz CT molecular complexity index is 1140. The second-order valence-corrected chi connectivity index (χ2v) is 8.54. The first kappa shape index (κ1) is 21.7. The lowest BCUT2D eigenvalue weighted by atomic mass is 10.2. The Morgan fingerprint density at radius 2 is 2.00 bits per heavy atom. The van der Waals surface area contributed by atoms with E-state index in [9.17, 15) is 14.4 Å². The highest BCUT2D eigenvalue weighted by atomic mass is 32.1. The maximum Gasteiger partial charge on any atom is 0.338 e. The molecule has 2 amide bonds. The molecule has 1 saturated heterocycles. The highest BCUT2D eigenvalue weighted by molar-refractivity contribution is 7.09. The number of hydrogen-bond donors (Lipinski definition) is 1. The lowest BCUT2D eigenvalue weighted by Crippen LogP contribution is -2.23. The molecule has 0 aliphatic carbocycles. The van der Waals surface area contributed by atoms with Crippen molar-refractivity contribution < 1.29 is 19.1 Å². The summed E-state index contributed by atoms with van der Waals surface area (Å²) < 4.78 is 5.39. The van der Waals surface area contributed by atoms with Crippen LogP contribution in [0.25, 0.3) is 0 Å². The minimum absolute atomic E-state index is 0.0157. The first-order chi connectivity index (χ1) is 15.5. The van der Waals surface area contributed by atoms with Crippen molar-refractivity contribution in [2.75, 3.05) is 16.8 Å². The van der Waals surface area contributed by atoms with Crippen LogP contribution in [0.3, 0.4) is 0 Å².